The van der Waals surface area contributed by atoms with Crippen molar-refractivity contribution in [3.63, 3.8) is 0 Å². The lowest BCUT2D eigenvalue weighted by Crippen LogP contribution is -2.54. The van der Waals surface area contributed by atoms with Crippen LogP contribution < -0.4 is 19.7 Å². The lowest BCUT2D eigenvalue weighted by Gasteiger charge is -2.29. The van der Waals surface area contributed by atoms with Crippen molar-refractivity contribution in [2.75, 3.05) is 12.0 Å². The Kier molecular flexibility index (Phi) is 6.20. The summed E-state index contributed by atoms with van der Waals surface area (Å²) in [5.41, 5.74) is 1.08. The number of rotatable bonds is 5. The van der Waals surface area contributed by atoms with Crippen LogP contribution in [0.25, 0.3) is 6.08 Å². The van der Waals surface area contributed by atoms with Crippen molar-refractivity contribution >= 4 is 52.5 Å². The summed E-state index contributed by atoms with van der Waals surface area (Å²) in [6.07, 6.45) is 1.50. The minimum atomic E-state index is -0.563. The van der Waals surface area contributed by atoms with Crippen LogP contribution in [0.1, 0.15) is 5.56 Å². The number of anilines is 1. The van der Waals surface area contributed by atoms with Gasteiger partial charge in [0.05, 0.1) is 12.8 Å². The summed E-state index contributed by atoms with van der Waals surface area (Å²) in [6.45, 7) is 0. The number of amides is 2. The third kappa shape index (κ3) is 4.64. The molecule has 0 unspecified atom stereocenters. The molecular weight excluding hydrogens is 448 g/mol. The van der Waals surface area contributed by atoms with E-state index in [9.17, 15) is 9.59 Å². The van der Waals surface area contributed by atoms with Crippen LogP contribution in [0.15, 0.2) is 78.4 Å². The Hall–Kier alpha value is -3.68. The Bertz CT molecular complexity index is 1220. The number of nitrogens with one attached hydrogen (secondary N) is 1. The first-order valence-corrected chi connectivity index (χ1v) is 10.3. The summed E-state index contributed by atoms with van der Waals surface area (Å²) in [5.74, 6) is 0.815. The number of ether oxygens (including phenoxy) is 2. The highest BCUT2D eigenvalue weighted by Crippen LogP contribution is 2.27. The SMILES string of the molecule is COc1ccc(Oc2cccc(/C=C3/C(=O)NC(=S)N(c4ccc(Cl)cc4)C3=O)c2)cc1. The lowest BCUT2D eigenvalue weighted by atomic mass is 10.1. The maximum absolute atomic E-state index is 13.1. The second kappa shape index (κ2) is 9.21. The van der Waals surface area contributed by atoms with Crippen LogP contribution in [0.4, 0.5) is 5.69 Å². The summed E-state index contributed by atoms with van der Waals surface area (Å²) < 4.78 is 11.0. The normalized spacial score (nSPS) is 15.0. The molecule has 160 valence electrons. The molecule has 1 aliphatic rings. The van der Waals surface area contributed by atoms with Crippen LogP contribution in [-0.2, 0) is 9.59 Å². The highest BCUT2D eigenvalue weighted by atomic mass is 35.5. The van der Waals surface area contributed by atoms with E-state index in [0.717, 1.165) is 5.75 Å². The molecule has 1 aliphatic heterocycles. The molecule has 6 nitrogen and oxygen atoms in total. The van der Waals surface area contributed by atoms with Crippen LogP contribution in [0.3, 0.4) is 0 Å². The molecule has 0 spiro atoms. The van der Waals surface area contributed by atoms with Crippen molar-refractivity contribution in [1.82, 2.24) is 5.32 Å². The van der Waals surface area contributed by atoms with E-state index in [1.165, 1.54) is 11.0 Å². The first-order chi connectivity index (χ1) is 15.4. The van der Waals surface area contributed by atoms with Gasteiger partial charge in [-0.15, -0.1) is 0 Å². The largest absolute Gasteiger partial charge is 0.497 e. The van der Waals surface area contributed by atoms with Crippen molar-refractivity contribution in [2.45, 2.75) is 0 Å². The van der Waals surface area contributed by atoms with Gasteiger partial charge in [-0.05, 0) is 84.5 Å². The Balaban J connectivity index is 1.60. The van der Waals surface area contributed by atoms with E-state index in [0.29, 0.717) is 27.8 Å². The number of hydrogen-bond donors (Lipinski definition) is 1. The van der Waals surface area contributed by atoms with Gasteiger partial charge in [0.2, 0.25) is 0 Å². The number of methoxy groups -OCH3 is 1. The summed E-state index contributed by atoms with van der Waals surface area (Å²) in [6, 6.07) is 20.8. The number of halogens is 1. The predicted octanol–water partition coefficient (Wildman–Crippen LogP) is 4.97. The number of hydrogen-bond acceptors (Lipinski definition) is 5. The molecule has 2 amide bonds. The summed E-state index contributed by atoms with van der Waals surface area (Å²) in [4.78, 5) is 26.9. The fraction of sp³-hybridized carbons (Fsp3) is 0.0417. The second-order valence-corrected chi connectivity index (χ2v) is 7.61. The third-order valence-electron chi connectivity index (χ3n) is 4.65. The first-order valence-electron chi connectivity index (χ1n) is 9.53. The van der Waals surface area contributed by atoms with Gasteiger partial charge in [0.15, 0.2) is 5.11 Å². The summed E-state index contributed by atoms with van der Waals surface area (Å²) in [7, 11) is 1.59. The molecule has 8 heteroatoms. The van der Waals surface area contributed by atoms with E-state index in [1.807, 2.05) is 0 Å². The fourth-order valence-corrected chi connectivity index (χ4v) is 3.50. The van der Waals surface area contributed by atoms with Crippen LogP contribution in [0.5, 0.6) is 17.2 Å². The summed E-state index contributed by atoms with van der Waals surface area (Å²) in [5, 5.41) is 3.10. The van der Waals surface area contributed by atoms with Crippen molar-refractivity contribution in [3.8, 4) is 17.2 Å². The smallest absolute Gasteiger partial charge is 0.270 e. The maximum atomic E-state index is 13.1. The van der Waals surface area contributed by atoms with Gasteiger partial charge in [-0.2, -0.15) is 0 Å². The third-order valence-corrected chi connectivity index (χ3v) is 5.19. The number of nitrogens with zero attached hydrogens (tertiary/aromatic N) is 1. The molecular formula is C24H17ClN2O4S. The Labute approximate surface area is 195 Å². The van der Waals surface area contributed by atoms with Crippen LogP contribution >= 0.6 is 23.8 Å². The Morgan fingerprint density at radius 3 is 2.31 bits per heavy atom. The molecule has 0 aromatic heterocycles. The predicted molar refractivity (Wildman–Crippen MR) is 127 cm³/mol. The Morgan fingerprint density at radius 2 is 1.62 bits per heavy atom. The molecule has 1 saturated heterocycles. The van der Waals surface area contributed by atoms with E-state index in [-0.39, 0.29) is 10.7 Å². The van der Waals surface area contributed by atoms with Gasteiger partial charge >= 0.3 is 0 Å². The van der Waals surface area contributed by atoms with E-state index in [1.54, 1.807) is 79.9 Å². The number of carbonyl (C=O) groups excluding carboxylic acids is 2. The molecule has 0 atom stereocenters. The van der Waals surface area contributed by atoms with E-state index in [2.05, 4.69) is 5.32 Å². The fourth-order valence-electron chi connectivity index (χ4n) is 3.10. The summed E-state index contributed by atoms with van der Waals surface area (Å²) >= 11 is 11.1. The van der Waals surface area contributed by atoms with Gasteiger partial charge in [-0.1, -0.05) is 23.7 Å². The zero-order valence-corrected chi connectivity index (χ0v) is 18.4. The second-order valence-electron chi connectivity index (χ2n) is 6.78. The minimum absolute atomic E-state index is 0.0102. The molecule has 1 heterocycles. The molecule has 3 aromatic carbocycles. The maximum Gasteiger partial charge on any atom is 0.270 e. The van der Waals surface area contributed by atoms with Crippen LogP contribution in [0.2, 0.25) is 5.02 Å². The first kappa shape index (κ1) is 21.5. The average molecular weight is 465 g/mol. The van der Waals surface area contributed by atoms with Gasteiger partial charge in [-0.3, -0.25) is 19.8 Å². The zero-order valence-electron chi connectivity index (χ0n) is 16.9. The number of thiocarbonyl (C=S) groups is 1. The van der Waals surface area contributed by atoms with Gasteiger partial charge < -0.3 is 9.47 Å². The monoisotopic (exact) mass is 464 g/mol. The molecule has 3 aromatic rings. The highest BCUT2D eigenvalue weighted by Gasteiger charge is 2.34. The van der Waals surface area contributed by atoms with Crippen molar-refractivity contribution in [1.29, 1.82) is 0 Å². The van der Waals surface area contributed by atoms with Gasteiger partial charge in [0.25, 0.3) is 11.8 Å². The zero-order chi connectivity index (χ0) is 22.7. The van der Waals surface area contributed by atoms with E-state index < -0.39 is 11.8 Å². The van der Waals surface area contributed by atoms with Crippen molar-refractivity contribution in [2.24, 2.45) is 0 Å². The Morgan fingerprint density at radius 1 is 0.938 bits per heavy atom. The van der Waals surface area contributed by atoms with Gasteiger partial charge in [0.1, 0.15) is 22.8 Å². The van der Waals surface area contributed by atoms with E-state index >= 15 is 0 Å². The number of carbonyl (C=O) groups is 2. The molecule has 0 radical (unpaired) electrons. The molecule has 1 N–H and O–H groups in total. The standard InChI is InChI=1S/C24H17ClN2O4S/c1-30-18-9-11-19(12-10-18)31-20-4-2-3-15(13-20)14-21-22(28)26-24(32)27(23(21)29)17-7-5-16(25)6-8-17/h2-14H,1H3,(H,26,28,32)/b21-14-. The molecule has 4 rings (SSSR count). The van der Waals surface area contributed by atoms with Crippen molar-refractivity contribution < 1.29 is 19.1 Å². The highest BCUT2D eigenvalue weighted by molar-refractivity contribution is 7.80. The topological polar surface area (TPSA) is 67.9 Å². The average Bonchev–Trinajstić information content (AvgIpc) is 2.78. The molecule has 1 fully saturated rings. The number of benzene rings is 3. The molecule has 0 saturated carbocycles. The van der Waals surface area contributed by atoms with Crippen LogP contribution in [-0.4, -0.2) is 24.0 Å². The lowest BCUT2D eigenvalue weighted by molar-refractivity contribution is -0.122. The minimum Gasteiger partial charge on any atom is -0.497 e. The van der Waals surface area contributed by atoms with Crippen LogP contribution in [0, 0.1) is 0 Å². The molecule has 32 heavy (non-hydrogen) atoms. The molecule has 0 bridgehead atoms. The van der Waals surface area contributed by atoms with Gasteiger partial charge in [0, 0.05) is 5.02 Å². The van der Waals surface area contributed by atoms with E-state index in [4.69, 9.17) is 33.3 Å². The molecule has 0 aliphatic carbocycles. The van der Waals surface area contributed by atoms with Crippen molar-refractivity contribution in [3.05, 3.63) is 89.0 Å². The van der Waals surface area contributed by atoms with Gasteiger partial charge in [-0.25, -0.2) is 0 Å². The quantitative estimate of drug-likeness (QED) is 0.328.